The third-order valence-electron chi connectivity index (χ3n) is 2.42. The van der Waals surface area contributed by atoms with E-state index in [1.54, 1.807) is 0 Å². The lowest BCUT2D eigenvalue weighted by Crippen LogP contribution is -2.17. The fourth-order valence-corrected chi connectivity index (χ4v) is 1.96. The van der Waals surface area contributed by atoms with Crippen LogP contribution in [0.1, 0.15) is 41.0 Å². The Hall–Kier alpha value is -0.990. The molecule has 3 nitrogen and oxygen atoms in total. The van der Waals surface area contributed by atoms with E-state index in [1.807, 2.05) is 10.9 Å². The summed E-state index contributed by atoms with van der Waals surface area (Å²) >= 11 is 0. The van der Waals surface area contributed by atoms with Gasteiger partial charge in [-0.05, 0) is 25.2 Å². The summed E-state index contributed by atoms with van der Waals surface area (Å²) in [4.78, 5) is 0. The number of anilines is 1. The molecule has 0 aliphatic rings. The third kappa shape index (κ3) is 4.69. The first-order chi connectivity index (χ1) is 7.47. The number of aromatic nitrogens is 2. The molecule has 3 heteroatoms. The summed E-state index contributed by atoms with van der Waals surface area (Å²) in [5.41, 5.74) is 1.13. The van der Waals surface area contributed by atoms with E-state index >= 15 is 0 Å². The van der Waals surface area contributed by atoms with Crippen LogP contribution in [-0.2, 0) is 6.54 Å². The van der Waals surface area contributed by atoms with E-state index in [0.29, 0.717) is 12.0 Å². The maximum atomic E-state index is 4.34. The molecular formula is C13H25N3. The molecule has 0 aliphatic heterocycles. The van der Waals surface area contributed by atoms with Gasteiger partial charge in [-0.3, -0.25) is 4.68 Å². The largest absolute Gasteiger partial charge is 0.380 e. The highest BCUT2D eigenvalue weighted by molar-refractivity contribution is 5.39. The summed E-state index contributed by atoms with van der Waals surface area (Å²) in [5.74, 6) is 1.37. The molecule has 0 aliphatic carbocycles. The van der Waals surface area contributed by atoms with Gasteiger partial charge >= 0.3 is 0 Å². The Bertz CT molecular complexity index is 302. The summed E-state index contributed by atoms with van der Waals surface area (Å²) in [6, 6.07) is 0.511. The van der Waals surface area contributed by atoms with E-state index in [-0.39, 0.29) is 0 Å². The molecule has 1 atom stereocenters. The van der Waals surface area contributed by atoms with E-state index in [1.165, 1.54) is 6.42 Å². The molecule has 0 radical (unpaired) electrons. The second-order valence-corrected chi connectivity index (χ2v) is 5.52. The molecular weight excluding hydrogens is 198 g/mol. The molecule has 1 rings (SSSR count). The van der Waals surface area contributed by atoms with Gasteiger partial charge in [0, 0.05) is 18.8 Å². The fourth-order valence-electron chi connectivity index (χ4n) is 1.96. The maximum Gasteiger partial charge on any atom is 0.0728 e. The van der Waals surface area contributed by atoms with Crippen molar-refractivity contribution in [2.24, 2.45) is 11.8 Å². The van der Waals surface area contributed by atoms with Crippen LogP contribution in [0.3, 0.4) is 0 Å². The Balaban J connectivity index is 2.45. The zero-order valence-electron chi connectivity index (χ0n) is 11.2. The Morgan fingerprint density at radius 2 is 1.88 bits per heavy atom. The van der Waals surface area contributed by atoms with Crippen molar-refractivity contribution in [3.63, 3.8) is 0 Å². The Labute approximate surface area is 99.2 Å². The molecule has 0 spiro atoms. The molecule has 16 heavy (non-hydrogen) atoms. The van der Waals surface area contributed by atoms with E-state index in [9.17, 15) is 0 Å². The summed E-state index contributed by atoms with van der Waals surface area (Å²) < 4.78 is 2.01. The highest BCUT2D eigenvalue weighted by Gasteiger charge is 2.06. The van der Waals surface area contributed by atoms with Crippen LogP contribution in [0.5, 0.6) is 0 Å². The number of nitrogens with zero attached hydrogens (tertiary/aromatic N) is 2. The monoisotopic (exact) mass is 223 g/mol. The zero-order valence-corrected chi connectivity index (χ0v) is 11.2. The Morgan fingerprint density at radius 1 is 1.19 bits per heavy atom. The van der Waals surface area contributed by atoms with Crippen molar-refractivity contribution >= 4 is 5.69 Å². The molecule has 92 valence electrons. The molecule has 1 unspecified atom stereocenters. The zero-order chi connectivity index (χ0) is 12.1. The van der Waals surface area contributed by atoms with Gasteiger partial charge in [-0.1, -0.05) is 27.7 Å². The molecule has 1 aromatic rings. The SMILES string of the molecule is CC(C)CC(C)Nc1cnn(CC(C)C)c1. The van der Waals surface area contributed by atoms with Crippen molar-refractivity contribution in [2.45, 2.75) is 53.6 Å². The maximum absolute atomic E-state index is 4.34. The fraction of sp³-hybridized carbons (Fsp3) is 0.769. The Kier molecular flexibility index (Phi) is 4.84. The summed E-state index contributed by atoms with van der Waals surface area (Å²) in [5, 5.41) is 7.83. The first-order valence-corrected chi connectivity index (χ1v) is 6.26. The minimum Gasteiger partial charge on any atom is -0.380 e. The lowest BCUT2D eigenvalue weighted by molar-refractivity contribution is 0.483. The molecule has 0 saturated heterocycles. The lowest BCUT2D eigenvalue weighted by Gasteiger charge is -2.15. The topological polar surface area (TPSA) is 29.9 Å². The molecule has 0 aromatic carbocycles. The van der Waals surface area contributed by atoms with Crippen LogP contribution in [0.25, 0.3) is 0 Å². The first kappa shape index (κ1) is 13.1. The minimum atomic E-state index is 0.511. The van der Waals surface area contributed by atoms with Gasteiger partial charge in [0.2, 0.25) is 0 Å². The van der Waals surface area contributed by atoms with Crippen LogP contribution in [0, 0.1) is 11.8 Å². The molecule has 0 bridgehead atoms. The number of hydrogen-bond acceptors (Lipinski definition) is 2. The smallest absolute Gasteiger partial charge is 0.0728 e. The quantitative estimate of drug-likeness (QED) is 0.801. The van der Waals surface area contributed by atoms with Gasteiger partial charge in [-0.2, -0.15) is 5.10 Å². The standard InChI is InChI=1S/C13H25N3/c1-10(2)6-12(5)15-13-7-14-16(9-13)8-11(3)4/h7,9-12,15H,6,8H2,1-5H3. The van der Waals surface area contributed by atoms with Gasteiger partial charge in [0.05, 0.1) is 11.9 Å². The van der Waals surface area contributed by atoms with Crippen molar-refractivity contribution in [2.75, 3.05) is 5.32 Å². The van der Waals surface area contributed by atoms with Crippen LogP contribution in [0.15, 0.2) is 12.4 Å². The molecule has 0 amide bonds. The number of nitrogens with one attached hydrogen (secondary N) is 1. The minimum absolute atomic E-state index is 0.511. The number of hydrogen-bond donors (Lipinski definition) is 1. The van der Waals surface area contributed by atoms with Crippen LogP contribution < -0.4 is 5.32 Å². The third-order valence-corrected chi connectivity index (χ3v) is 2.42. The van der Waals surface area contributed by atoms with Crippen molar-refractivity contribution in [3.8, 4) is 0 Å². The highest BCUT2D eigenvalue weighted by atomic mass is 15.3. The predicted molar refractivity (Wildman–Crippen MR) is 69.6 cm³/mol. The number of rotatable bonds is 6. The molecule has 1 heterocycles. The molecule has 1 aromatic heterocycles. The normalized spacial score (nSPS) is 13.4. The summed E-state index contributed by atoms with van der Waals surface area (Å²) in [6.45, 7) is 12.1. The summed E-state index contributed by atoms with van der Waals surface area (Å²) in [6.07, 6.45) is 5.20. The van der Waals surface area contributed by atoms with Gasteiger partial charge in [-0.25, -0.2) is 0 Å². The van der Waals surface area contributed by atoms with Crippen molar-refractivity contribution in [1.29, 1.82) is 0 Å². The van der Waals surface area contributed by atoms with E-state index < -0.39 is 0 Å². The second kappa shape index (κ2) is 5.92. The summed E-state index contributed by atoms with van der Waals surface area (Å²) in [7, 11) is 0. The first-order valence-electron chi connectivity index (χ1n) is 6.26. The molecule has 1 N–H and O–H groups in total. The van der Waals surface area contributed by atoms with Crippen LogP contribution in [0.4, 0.5) is 5.69 Å². The van der Waals surface area contributed by atoms with Crippen molar-refractivity contribution < 1.29 is 0 Å². The highest BCUT2D eigenvalue weighted by Crippen LogP contribution is 2.12. The van der Waals surface area contributed by atoms with Crippen LogP contribution in [0.2, 0.25) is 0 Å². The average molecular weight is 223 g/mol. The van der Waals surface area contributed by atoms with E-state index in [4.69, 9.17) is 0 Å². The van der Waals surface area contributed by atoms with Crippen LogP contribution in [-0.4, -0.2) is 15.8 Å². The van der Waals surface area contributed by atoms with Gasteiger partial charge < -0.3 is 5.32 Å². The molecule has 0 saturated carbocycles. The van der Waals surface area contributed by atoms with Gasteiger partial charge in [0.15, 0.2) is 0 Å². The van der Waals surface area contributed by atoms with Gasteiger partial charge in [-0.15, -0.1) is 0 Å². The van der Waals surface area contributed by atoms with E-state index in [2.05, 4.69) is 51.2 Å². The van der Waals surface area contributed by atoms with Crippen molar-refractivity contribution in [3.05, 3.63) is 12.4 Å². The van der Waals surface area contributed by atoms with Crippen LogP contribution >= 0.6 is 0 Å². The second-order valence-electron chi connectivity index (χ2n) is 5.52. The Morgan fingerprint density at radius 3 is 2.44 bits per heavy atom. The average Bonchev–Trinajstić information content (AvgIpc) is 2.49. The van der Waals surface area contributed by atoms with Crippen molar-refractivity contribution in [1.82, 2.24) is 9.78 Å². The lowest BCUT2D eigenvalue weighted by atomic mass is 10.1. The van der Waals surface area contributed by atoms with Gasteiger partial charge in [0.1, 0.15) is 0 Å². The molecule has 0 fully saturated rings. The van der Waals surface area contributed by atoms with E-state index in [0.717, 1.165) is 18.2 Å². The predicted octanol–water partition coefficient (Wildman–Crippen LogP) is 3.39. The van der Waals surface area contributed by atoms with Gasteiger partial charge in [0.25, 0.3) is 0 Å².